The molecule has 1 atom stereocenters. The van der Waals surface area contributed by atoms with Crippen LogP contribution in [0.15, 0.2) is 29.3 Å². The second-order valence-electron chi connectivity index (χ2n) is 6.48. The molecule has 0 spiro atoms. The van der Waals surface area contributed by atoms with Crippen LogP contribution in [0.4, 0.5) is 0 Å². The SMILES string of the molecule is CCNC(=NCC(=O)N1CCCC1)NCC(C)c1cccc(C)c1. The number of aryl methyl sites for hydroxylation is 1. The summed E-state index contributed by atoms with van der Waals surface area (Å²) in [6, 6.07) is 8.57. The zero-order chi connectivity index (χ0) is 17.4. The maximum atomic E-state index is 12.1. The van der Waals surface area contributed by atoms with Crippen LogP contribution in [0.1, 0.15) is 43.7 Å². The summed E-state index contributed by atoms with van der Waals surface area (Å²) >= 11 is 0. The van der Waals surface area contributed by atoms with Gasteiger partial charge in [0.1, 0.15) is 6.54 Å². The van der Waals surface area contributed by atoms with Crippen LogP contribution in [-0.2, 0) is 4.79 Å². The molecule has 1 aromatic rings. The Morgan fingerprint density at radius 2 is 2.04 bits per heavy atom. The number of aliphatic imine (C=N–C) groups is 1. The fraction of sp³-hybridized carbons (Fsp3) is 0.579. The number of likely N-dealkylation sites (tertiary alicyclic amines) is 1. The highest BCUT2D eigenvalue weighted by atomic mass is 16.2. The van der Waals surface area contributed by atoms with E-state index in [4.69, 9.17) is 0 Å². The average molecular weight is 330 g/mol. The molecule has 1 aliphatic heterocycles. The Morgan fingerprint density at radius 3 is 2.71 bits per heavy atom. The molecule has 0 aromatic heterocycles. The lowest BCUT2D eigenvalue weighted by Crippen LogP contribution is -2.40. The van der Waals surface area contributed by atoms with Gasteiger partial charge in [0.2, 0.25) is 5.91 Å². The molecule has 0 radical (unpaired) electrons. The number of nitrogens with one attached hydrogen (secondary N) is 2. The van der Waals surface area contributed by atoms with E-state index in [1.807, 2.05) is 11.8 Å². The van der Waals surface area contributed by atoms with Crippen LogP contribution in [0.5, 0.6) is 0 Å². The van der Waals surface area contributed by atoms with Gasteiger partial charge in [-0.3, -0.25) is 4.79 Å². The van der Waals surface area contributed by atoms with Gasteiger partial charge in [0.15, 0.2) is 5.96 Å². The molecule has 132 valence electrons. The number of guanidine groups is 1. The quantitative estimate of drug-likeness (QED) is 0.621. The van der Waals surface area contributed by atoms with E-state index in [9.17, 15) is 4.79 Å². The Labute approximate surface area is 145 Å². The molecule has 1 fully saturated rings. The number of benzene rings is 1. The highest BCUT2D eigenvalue weighted by Crippen LogP contribution is 2.15. The summed E-state index contributed by atoms with van der Waals surface area (Å²) < 4.78 is 0. The van der Waals surface area contributed by atoms with Crippen LogP contribution in [0.3, 0.4) is 0 Å². The third-order valence-corrected chi connectivity index (χ3v) is 4.36. The van der Waals surface area contributed by atoms with Crippen molar-refractivity contribution in [3.8, 4) is 0 Å². The van der Waals surface area contributed by atoms with Crippen LogP contribution in [0.25, 0.3) is 0 Å². The second kappa shape index (κ2) is 9.30. The molecule has 1 saturated heterocycles. The van der Waals surface area contributed by atoms with Crippen molar-refractivity contribution in [2.24, 2.45) is 4.99 Å². The van der Waals surface area contributed by atoms with E-state index in [1.165, 1.54) is 11.1 Å². The summed E-state index contributed by atoms with van der Waals surface area (Å²) in [7, 11) is 0. The Bertz CT molecular complexity index is 564. The predicted molar refractivity (Wildman–Crippen MR) is 99.4 cm³/mol. The molecular formula is C19H30N4O. The summed E-state index contributed by atoms with van der Waals surface area (Å²) in [4.78, 5) is 18.5. The number of hydrogen-bond donors (Lipinski definition) is 2. The summed E-state index contributed by atoms with van der Waals surface area (Å²) in [5, 5.41) is 6.57. The van der Waals surface area contributed by atoms with Gasteiger partial charge in [-0.2, -0.15) is 0 Å². The van der Waals surface area contributed by atoms with Gasteiger partial charge in [-0.05, 0) is 38.2 Å². The second-order valence-corrected chi connectivity index (χ2v) is 6.48. The zero-order valence-corrected chi connectivity index (χ0v) is 15.1. The van der Waals surface area contributed by atoms with Crippen LogP contribution in [-0.4, -0.2) is 49.5 Å². The molecule has 2 N–H and O–H groups in total. The third kappa shape index (κ3) is 5.55. The van der Waals surface area contributed by atoms with E-state index in [0.717, 1.165) is 39.0 Å². The molecule has 0 bridgehead atoms. The first-order valence-corrected chi connectivity index (χ1v) is 8.96. The monoisotopic (exact) mass is 330 g/mol. The number of carbonyl (C=O) groups is 1. The molecule has 2 rings (SSSR count). The van der Waals surface area contributed by atoms with E-state index < -0.39 is 0 Å². The summed E-state index contributed by atoms with van der Waals surface area (Å²) in [5.41, 5.74) is 2.59. The number of carbonyl (C=O) groups excluding carboxylic acids is 1. The highest BCUT2D eigenvalue weighted by molar-refractivity contribution is 5.85. The van der Waals surface area contributed by atoms with Crippen molar-refractivity contribution in [2.75, 3.05) is 32.7 Å². The molecular weight excluding hydrogens is 300 g/mol. The van der Waals surface area contributed by atoms with Gasteiger partial charge in [0.25, 0.3) is 0 Å². The molecule has 0 aliphatic carbocycles. The van der Waals surface area contributed by atoms with Gasteiger partial charge in [-0.15, -0.1) is 0 Å². The first-order chi connectivity index (χ1) is 11.6. The van der Waals surface area contributed by atoms with E-state index in [1.54, 1.807) is 0 Å². The van der Waals surface area contributed by atoms with E-state index in [0.29, 0.717) is 11.9 Å². The molecule has 1 amide bonds. The number of rotatable bonds is 6. The smallest absolute Gasteiger partial charge is 0.244 e. The summed E-state index contributed by atoms with van der Waals surface area (Å²) in [5.74, 6) is 1.21. The lowest BCUT2D eigenvalue weighted by atomic mass is 9.99. The maximum Gasteiger partial charge on any atom is 0.244 e. The minimum Gasteiger partial charge on any atom is -0.357 e. The van der Waals surface area contributed by atoms with Gasteiger partial charge < -0.3 is 15.5 Å². The van der Waals surface area contributed by atoms with Crippen LogP contribution in [0.2, 0.25) is 0 Å². The van der Waals surface area contributed by atoms with Crippen molar-refractivity contribution >= 4 is 11.9 Å². The minimum atomic E-state index is 0.122. The molecule has 5 nitrogen and oxygen atoms in total. The van der Waals surface area contributed by atoms with Crippen molar-refractivity contribution in [2.45, 2.75) is 39.5 Å². The van der Waals surface area contributed by atoms with Crippen LogP contribution >= 0.6 is 0 Å². The van der Waals surface area contributed by atoms with Crippen LogP contribution in [0, 0.1) is 6.92 Å². The summed E-state index contributed by atoms with van der Waals surface area (Å²) in [6.45, 7) is 9.87. The van der Waals surface area contributed by atoms with Gasteiger partial charge in [-0.1, -0.05) is 36.8 Å². The van der Waals surface area contributed by atoms with Gasteiger partial charge in [-0.25, -0.2) is 4.99 Å². The molecule has 0 saturated carbocycles. The van der Waals surface area contributed by atoms with Crippen molar-refractivity contribution < 1.29 is 4.79 Å². The predicted octanol–water partition coefficient (Wildman–Crippen LogP) is 2.28. The number of nitrogens with zero attached hydrogens (tertiary/aromatic N) is 2. The normalized spacial score (nSPS) is 16.1. The largest absolute Gasteiger partial charge is 0.357 e. The Balaban J connectivity index is 1.87. The molecule has 1 aromatic carbocycles. The van der Waals surface area contributed by atoms with Crippen molar-refractivity contribution in [3.63, 3.8) is 0 Å². The Hall–Kier alpha value is -2.04. The van der Waals surface area contributed by atoms with Gasteiger partial charge in [0, 0.05) is 26.2 Å². The molecule has 24 heavy (non-hydrogen) atoms. The van der Waals surface area contributed by atoms with E-state index in [2.05, 4.69) is 53.7 Å². The molecule has 1 aliphatic rings. The first kappa shape index (κ1) is 18.3. The molecule has 1 heterocycles. The third-order valence-electron chi connectivity index (χ3n) is 4.36. The first-order valence-electron chi connectivity index (χ1n) is 8.96. The van der Waals surface area contributed by atoms with E-state index in [-0.39, 0.29) is 12.5 Å². The maximum absolute atomic E-state index is 12.1. The average Bonchev–Trinajstić information content (AvgIpc) is 3.11. The minimum absolute atomic E-state index is 0.122. The standard InChI is InChI=1S/C19H30N4O/c1-4-20-19(22-14-18(24)23-10-5-6-11-23)21-13-16(3)17-9-7-8-15(2)12-17/h7-9,12,16H,4-6,10-11,13-14H2,1-3H3,(H2,20,21,22). The van der Waals surface area contributed by atoms with E-state index >= 15 is 0 Å². The van der Waals surface area contributed by atoms with Gasteiger partial charge in [0.05, 0.1) is 0 Å². The Morgan fingerprint density at radius 1 is 1.29 bits per heavy atom. The highest BCUT2D eigenvalue weighted by Gasteiger charge is 2.17. The molecule has 5 heteroatoms. The number of amides is 1. The lowest BCUT2D eigenvalue weighted by molar-refractivity contribution is -0.128. The number of hydrogen-bond acceptors (Lipinski definition) is 2. The van der Waals surface area contributed by atoms with Crippen molar-refractivity contribution in [1.82, 2.24) is 15.5 Å². The fourth-order valence-electron chi connectivity index (χ4n) is 2.90. The molecule has 1 unspecified atom stereocenters. The topological polar surface area (TPSA) is 56.7 Å². The summed E-state index contributed by atoms with van der Waals surface area (Å²) in [6.07, 6.45) is 2.23. The van der Waals surface area contributed by atoms with Crippen LogP contribution < -0.4 is 10.6 Å². The lowest BCUT2D eigenvalue weighted by Gasteiger charge is -2.17. The van der Waals surface area contributed by atoms with Crippen molar-refractivity contribution in [3.05, 3.63) is 35.4 Å². The van der Waals surface area contributed by atoms with Gasteiger partial charge >= 0.3 is 0 Å². The zero-order valence-electron chi connectivity index (χ0n) is 15.1. The Kier molecular flexibility index (Phi) is 7.09. The fourth-order valence-corrected chi connectivity index (χ4v) is 2.90. The van der Waals surface area contributed by atoms with Crippen molar-refractivity contribution in [1.29, 1.82) is 0 Å².